The number of hydrogen-bond acceptors (Lipinski definition) is 2. The molecule has 0 N–H and O–H groups in total. The van der Waals surface area contributed by atoms with Crippen LogP contribution < -0.4 is 4.74 Å². The highest BCUT2D eigenvalue weighted by atomic mass is 79.9. The Balaban J connectivity index is 2.49. The zero-order valence-corrected chi connectivity index (χ0v) is 11.5. The van der Waals surface area contributed by atoms with Gasteiger partial charge in [-0.2, -0.15) is 0 Å². The number of rotatable bonds is 3. The minimum atomic E-state index is -0.792. The van der Waals surface area contributed by atoms with Crippen molar-refractivity contribution in [1.29, 1.82) is 0 Å². The normalized spacial score (nSPS) is 10.3. The minimum absolute atomic E-state index is 0.0573. The van der Waals surface area contributed by atoms with Gasteiger partial charge in [-0.15, -0.1) is 0 Å². The topological polar surface area (TPSA) is 26.3 Å². The maximum absolute atomic E-state index is 13.1. The molecule has 0 heterocycles. The van der Waals surface area contributed by atoms with Crippen LogP contribution in [0.5, 0.6) is 5.75 Å². The molecular formula is C14H9BrF2O2. The van der Waals surface area contributed by atoms with Crippen molar-refractivity contribution in [2.75, 3.05) is 7.11 Å². The Kier molecular flexibility index (Phi) is 3.95. The molecule has 0 saturated heterocycles. The monoisotopic (exact) mass is 326 g/mol. The lowest BCUT2D eigenvalue weighted by Gasteiger charge is -2.08. The van der Waals surface area contributed by atoms with Crippen molar-refractivity contribution in [3.63, 3.8) is 0 Å². The third kappa shape index (κ3) is 2.98. The second kappa shape index (κ2) is 5.48. The third-order valence-corrected chi connectivity index (χ3v) is 3.03. The van der Waals surface area contributed by atoms with Crippen LogP contribution in [0, 0.1) is 11.6 Å². The predicted molar refractivity (Wildman–Crippen MR) is 70.5 cm³/mol. The summed E-state index contributed by atoms with van der Waals surface area (Å²) in [5, 5.41) is 0. The van der Waals surface area contributed by atoms with Gasteiger partial charge in [0.2, 0.25) is 0 Å². The largest absolute Gasteiger partial charge is 0.496 e. The quantitative estimate of drug-likeness (QED) is 0.798. The van der Waals surface area contributed by atoms with Gasteiger partial charge in [-0.25, -0.2) is 8.78 Å². The van der Waals surface area contributed by atoms with E-state index in [4.69, 9.17) is 4.74 Å². The van der Waals surface area contributed by atoms with Gasteiger partial charge in [0.25, 0.3) is 0 Å². The first-order valence-corrected chi connectivity index (χ1v) is 6.15. The average Bonchev–Trinajstić information content (AvgIpc) is 2.36. The smallest absolute Gasteiger partial charge is 0.196 e. The standard InChI is InChI=1S/C14H9BrF2O2/c1-19-13-6-9(15)2-3-12(13)14(18)8-4-10(16)7-11(17)5-8/h2-7H,1H3. The van der Waals surface area contributed by atoms with E-state index < -0.39 is 17.4 Å². The molecule has 0 aliphatic carbocycles. The molecule has 0 unspecified atom stereocenters. The summed E-state index contributed by atoms with van der Waals surface area (Å²) >= 11 is 3.25. The van der Waals surface area contributed by atoms with E-state index in [1.54, 1.807) is 12.1 Å². The van der Waals surface area contributed by atoms with Crippen molar-refractivity contribution in [1.82, 2.24) is 0 Å². The second-order valence-electron chi connectivity index (χ2n) is 3.83. The van der Waals surface area contributed by atoms with Gasteiger partial charge in [-0.3, -0.25) is 4.79 Å². The Morgan fingerprint density at radius 2 is 1.74 bits per heavy atom. The molecule has 0 saturated carbocycles. The fraction of sp³-hybridized carbons (Fsp3) is 0.0714. The number of halogens is 3. The van der Waals surface area contributed by atoms with E-state index in [0.717, 1.165) is 22.7 Å². The summed E-state index contributed by atoms with van der Waals surface area (Å²) in [5.41, 5.74) is 0.189. The second-order valence-corrected chi connectivity index (χ2v) is 4.75. The maximum Gasteiger partial charge on any atom is 0.196 e. The first kappa shape index (κ1) is 13.7. The number of hydrogen-bond donors (Lipinski definition) is 0. The number of carbonyl (C=O) groups excluding carboxylic acids is 1. The Bertz CT molecular complexity index is 621. The van der Waals surface area contributed by atoms with Gasteiger partial charge in [-0.05, 0) is 30.3 Å². The summed E-state index contributed by atoms with van der Waals surface area (Å²) in [7, 11) is 1.42. The van der Waals surface area contributed by atoms with Crippen LogP contribution in [0.25, 0.3) is 0 Å². The zero-order chi connectivity index (χ0) is 14.0. The highest BCUT2D eigenvalue weighted by Crippen LogP contribution is 2.26. The molecule has 0 aromatic heterocycles. The average molecular weight is 327 g/mol. The van der Waals surface area contributed by atoms with E-state index >= 15 is 0 Å². The molecule has 0 bridgehead atoms. The van der Waals surface area contributed by atoms with Crippen LogP contribution >= 0.6 is 15.9 Å². The minimum Gasteiger partial charge on any atom is -0.496 e. The van der Waals surface area contributed by atoms with Crippen molar-refractivity contribution < 1.29 is 18.3 Å². The summed E-state index contributed by atoms with van der Waals surface area (Å²) < 4.78 is 32.1. The molecule has 2 nitrogen and oxygen atoms in total. The lowest BCUT2D eigenvalue weighted by Crippen LogP contribution is -2.05. The molecule has 0 aliphatic rings. The molecular weight excluding hydrogens is 318 g/mol. The van der Waals surface area contributed by atoms with Gasteiger partial charge in [0, 0.05) is 16.1 Å². The molecule has 0 spiro atoms. The summed E-state index contributed by atoms with van der Waals surface area (Å²) in [6, 6.07) is 7.51. The highest BCUT2D eigenvalue weighted by Gasteiger charge is 2.16. The molecule has 0 aliphatic heterocycles. The molecule has 5 heteroatoms. The van der Waals surface area contributed by atoms with Gasteiger partial charge in [0.15, 0.2) is 5.78 Å². The van der Waals surface area contributed by atoms with Gasteiger partial charge >= 0.3 is 0 Å². The summed E-state index contributed by atoms with van der Waals surface area (Å²) in [6.45, 7) is 0. The van der Waals surface area contributed by atoms with E-state index in [0.29, 0.717) is 5.75 Å². The SMILES string of the molecule is COc1cc(Br)ccc1C(=O)c1cc(F)cc(F)c1. The number of carbonyl (C=O) groups is 1. The number of ketones is 1. The van der Waals surface area contributed by atoms with E-state index in [9.17, 15) is 13.6 Å². The van der Waals surface area contributed by atoms with E-state index in [2.05, 4.69) is 15.9 Å². The van der Waals surface area contributed by atoms with Gasteiger partial charge < -0.3 is 4.74 Å². The Labute approximate surface area is 117 Å². The van der Waals surface area contributed by atoms with Crippen LogP contribution in [0.4, 0.5) is 8.78 Å². The van der Waals surface area contributed by atoms with E-state index in [-0.39, 0.29) is 11.1 Å². The van der Waals surface area contributed by atoms with E-state index in [1.807, 2.05) is 0 Å². The van der Waals surface area contributed by atoms with Crippen LogP contribution in [0.1, 0.15) is 15.9 Å². The fourth-order valence-electron chi connectivity index (χ4n) is 1.69. The Morgan fingerprint density at radius 1 is 1.11 bits per heavy atom. The van der Waals surface area contributed by atoms with Crippen LogP contribution in [-0.2, 0) is 0 Å². The zero-order valence-electron chi connectivity index (χ0n) is 9.91. The van der Waals surface area contributed by atoms with Crippen molar-refractivity contribution >= 4 is 21.7 Å². The summed E-state index contributed by atoms with van der Waals surface area (Å²) in [5.74, 6) is -1.74. The van der Waals surface area contributed by atoms with Crippen LogP contribution in [-0.4, -0.2) is 12.9 Å². The van der Waals surface area contributed by atoms with Crippen molar-refractivity contribution in [2.24, 2.45) is 0 Å². The van der Waals surface area contributed by atoms with Gasteiger partial charge in [-0.1, -0.05) is 15.9 Å². The van der Waals surface area contributed by atoms with Crippen molar-refractivity contribution in [3.8, 4) is 5.75 Å². The number of benzene rings is 2. The first-order chi connectivity index (χ1) is 9.01. The number of ether oxygens (including phenoxy) is 1. The molecule has 0 amide bonds. The van der Waals surface area contributed by atoms with Gasteiger partial charge in [0.1, 0.15) is 17.4 Å². The first-order valence-electron chi connectivity index (χ1n) is 5.35. The third-order valence-electron chi connectivity index (χ3n) is 2.53. The van der Waals surface area contributed by atoms with Crippen LogP contribution in [0.3, 0.4) is 0 Å². The molecule has 0 radical (unpaired) electrons. The molecule has 2 aromatic rings. The van der Waals surface area contributed by atoms with Gasteiger partial charge in [0.05, 0.1) is 12.7 Å². The molecule has 98 valence electrons. The van der Waals surface area contributed by atoms with Crippen molar-refractivity contribution in [2.45, 2.75) is 0 Å². The summed E-state index contributed by atoms with van der Waals surface area (Å²) in [4.78, 5) is 12.2. The van der Waals surface area contributed by atoms with Crippen LogP contribution in [0.15, 0.2) is 40.9 Å². The molecule has 0 atom stereocenters. The lowest BCUT2D eigenvalue weighted by molar-refractivity contribution is 0.103. The molecule has 0 fully saturated rings. The summed E-state index contributed by atoms with van der Waals surface area (Å²) in [6.07, 6.45) is 0. The molecule has 2 aromatic carbocycles. The molecule has 19 heavy (non-hydrogen) atoms. The fourth-order valence-corrected chi connectivity index (χ4v) is 2.03. The number of methoxy groups -OCH3 is 1. The van der Waals surface area contributed by atoms with E-state index in [1.165, 1.54) is 13.2 Å². The highest BCUT2D eigenvalue weighted by molar-refractivity contribution is 9.10. The lowest BCUT2D eigenvalue weighted by atomic mass is 10.0. The molecule has 2 rings (SSSR count). The maximum atomic E-state index is 13.1. The van der Waals surface area contributed by atoms with Crippen molar-refractivity contribution in [3.05, 3.63) is 63.6 Å². The Morgan fingerprint density at radius 3 is 2.32 bits per heavy atom. The predicted octanol–water partition coefficient (Wildman–Crippen LogP) is 3.97. The van der Waals surface area contributed by atoms with Crippen LogP contribution in [0.2, 0.25) is 0 Å². The Hall–Kier alpha value is -1.75.